The van der Waals surface area contributed by atoms with Crippen LogP contribution in [0.2, 0.25) is 0 Å². The van der Waals surface area contributed by atoms with Crippen LogP contribution in [0.3, 0.4) is 0 Å². The predicted molar refractivity (Wildman–Crippen MR) is 54.0 cm³/mol. The molecule has 0 radical (unpaired) electrons. The molecule has 2 N–H and O–H groups in total. The molecule has 0 aromatic carbocycles. The van der Waals surface area contributed by atoms with Crippen molar-refractivity contribution in [2.45, 2.75) is 31.1 Å². The van der Waals surface area contributed by atoms with Crippen LogP contribution in [0.4, 0.5) is 8.78 Å². The van der Waals surface area contributed by atoms with Crippen LogP contribution in [0.15, 0.2) is 11.4 Å². The smallest absolute Gasteiger partial charge is 0.261 e. The Labute approximate surface area is 85.9 Å². The Balaban J connectivity index is 2.40. The number of thiophene rings is 1. The molecule has 0 spiro atoms. The Morgan fingerprint density at radius 1 is 1.57 bits per heavy atom. The van der Waals surface area contributed by atoms with Gasteiger partial charge in [0.1, 0.15) is 0 Å². The average molecular weight is 217 g/mol. The van der Waals surface area contributed by atoms with Crippen LogP contribution in [0.25, 0.3) is 0 Å². The fourth-order valence-corrected chi connectivity index (χ4v) is 3.19. The molecule has 14 heavy (non-hydrogen) atoms. The monoisotopic (exact) mass is 217 g/mol. The summed E-state index contributed by atoms with van der Waals surface area (Å²) in [6.45, 7) is 2.03. The number of halogens is 2. The normalized spacial score (nSPS) is 29.1. The first-order valence-electron chi connectivity index (χ1n) is 4.72. The van der Waals surface area contributed by atoms with Crippen molar-refractivity contribution in [3.8, 4) is 0 Å². The predicted octanol–water partition coefficient (Wildman–Crippen LogP) is 2.55. The summed E-state index contributed by atoms with van der Waals surface area (Å²) in [6, 6.07) is 1.92. The number of hydrogen-bond acceptors (Lipinski definition) is 2. The lowest BCUT2D eigenvalue weighted by Gasteiger charge is -2.13. The molecule has 1 nitrogen and oxygen atoms in total. The van der Waals surface area contributed by atoms with E-state index in [0.717, 1.165) is 16.9 Å². The maximum Gasteiger partial charge on any atom is 0.261 e. The number of rotatable bonds is 3. The Bertz CT molecular complexity index is 348. The van der Waals surface area contributed by atoms with Crippen LogP contribution >= 0.6 is 11.3 Å². The van der Waals surface area contributed by atoms with Crippen molar-refractivity contribution in [2.24, 2.45) is 5.73 Å². The van der Waals surface area contributed by atoms with E-state index in [1.165, 1.54) is 11.3 Å². The molecule has 1 heterocycles. The Morgan fingerprint density at radius 2 is 2.21 bits per heavy atom. The van der Waals surface area contributed by atoms with Crippen molar-refractivity contribution >= 4 is 11.3 Å². The molecule has 0 amide bonds. The lowest BCUT2D eigenvalue weighted by atomic mass is 9.99. The van der Waals surface area contributed by atoms with Crippen LogP contribution in [-0.4, -0.2) is 12.5 Å². The summed E-state index contributed by atoms with van der Waals surface area (Å²) < 4.78 is 26.5. The number of aryl methyl sites for hydroxylation is 1. The Morgan fingerprint density at radius 3 is 2.64 bits per heavy atom. The van der Waals surface area contributed by atoms with E-state index in [2.05, 4.69) is 0 Å². The third-order valence-corrected chi connectivity index (χ3v) is 4.17. The zero-order valence-electron chi connectivity index (χ0n) is 8.02. The standard InChI is InChI=1S/C10H13F2NS/c1-2-7-3-4-14-8(7)9(6-13)5-10(9,11)12/h3-4H,2,5-6,13H2,1H3. The minimum absolute atomic E-state index is 0.0491. The summed E-state index contributed by atoms with van der Waals surface area (Å²) in [5.74, 6) is -2.59. The second kappa shape index (κ2) is 3.00. The molecule has 1 fully saturated rings. The van der Waals surface area contributed by atoms with Gasteiger partial charge in [-0.15, -0.1) is 11.3 Å². The van der Waals surface area contributed by atoms with Gasteiger partial charge in [0.15, 0.2) is 0 Å². The van der Waals surface area contributed by atoms with Gasteiger partial charge in [0.2, 0.25) is 0 Å². The highest BCUT2D eigenvalue weighted by Crippen LogP contribution is 2.62. The van der Waals surface area contributed by atoms with Crippen molar-refractivity contribution in [3.05, 3.63) is 21.9 Å². The van der Waals surface area contributed by atoms with Crippen molar-refractivity contribution in [3.63, 3.8) is 0 Å². The molecule has 4 heteroatoms. The van der Waals surface area contributed by atoms with Crippen molar-refractivity contribution in [1.82, 2.24) is 0 Å². The third-order valence-electron chi connectivity index (χ3n) is 3.01. The SMILES string of the molecule is CCc1ccsc1C1(CN)CC1(F)F. The zero-order chi connectivity index (χ0) is 10.4. The van der Waals surface area contributed by atoms with Gasteiger partial charge in [-0.1, -0.05) is 6.92 Å². The molecular weight excluding hydrogens is 204 g/mol. The molecular formula is C10H13F2NS. The molecule has 0 saturated heterocycles. The summed E-state index contributed by atoms with van der Waals surface area (Å²) in [4.78, 5) is 0.799. The zero-order valence-corrected chi connectivity index (χ0v) is 8.83. The number of alkyl halides is 2. The Hall–Kier alpha value is -0.480. The van der Waals surface area contributed by atoms with E-state index in [1.807, 2.05) is 18.4 Å². The van der Waals surface area contributed by atoms with Crippen molar-refractivity contribution < 1.29 is 8.78 Å². The van der Waals surface area contributed by atoms with E-state index in [0.29, 0.717) is 0 Å². The first-order valence-corrected chi connectivity index (χ1v) is 5.60. The fraction of sp³-hybridized carbons (Fsp3) is 0.600. The van der Waals surface area contributed by atoms with Gasteiger partial charge in [0, 0.05) is 17.8 Å². The highest BCUT2D eigenvalue weighted by Gasteiger charge is 2.72. The Kier molecular flexibility index (Phi) is 2.16. The van der Waals surface area contributed by atoms with Gasteiger partial charge in [0.05, 0.1) is 5.41 Å². The largest absolute Gasteiger partial charge is 0.329 e. The first-order chi connectivity index (χ1) is 6.57. The molecule has 1 aromatic rings. The lowest BCUT2D eigenvalue weighted by molar-refractivity contribution is 0.0902. The molecule has 0 aliphatic heterocycles. The van der Waals surface area contributed by atoms with Gasteiger partial charge in [0.25, 0.3) is 5.92 Å². The molecule has 0 bridgehead atoms. The van der Waals surface area contributed by atoms with Crippen LogP contribution in [0, 0.1) is 0 Å². The summed E-state index contributed by atoms with van der Waals surface area (Å²) in [5.41, 5.74) is 5.48. The lowest BCUT2D eigenvalue weighted by Crippen LogP contribution is -2.26. The first kappa shape index (κ1) is 10.1. The van der Waals surface area contributed by atoms with Crippen molar-refractivity contribution in [1.29, 1.82) is 0 Å². The van der Waals surface area contributed by atoms with E-state index >= 15 is 0 Å². The van der Waals surface area contributed by atoms with Gasteiger partial charge in [-0.25, -0.2) is 8.78 Å². The molecule has 78 valence electrons. The fourth-order valence-electron chi connectivity index (χ4n) is 1.93. The van der Waals surface area contributed by atoms with Crippen LogP contribution in [0.1, 0.15) is 23.8 Å². The van der Waals surface area contributed by atoms with Gasteiger partial charge in [-0.3, -0.25) is 0 Å². The summed E-state index contributed by atoms with van der Waals surface area (Å²) in [5, 5.41) is 1.87. The van der Waals surface area contributed by atoms with E-state index in [4.69, 9.17) is 5.73 Å². The van der Waals surface area contributed by atoms with Gasteiger partial charge in [-0.05, 0) is 23.4 Å². The van der Waals surface area contributed by atoms with Gasteiger partial charge >= 0.3 is 0 Å². The quantitative estimate of drug-likeness (QED) is 0.827. The third kappa shape index (κ3) is 1.13. The molecule has 1 unspecified atom stereocenters. The van der Waals surface area contributed by atoms with E-state index in [9.17, 15) is 8.78 Å². The number of hydrogen-bond donors (Lipinski definition) is 1. The summed E-state index contributed by atoms with van der Waals surface area (Å²) in [7, 11) is 0. The molecule has 1 aromatic heterocycles. The highest BCUT2D eigenvalue weighted by atomic mass is 32.1. The second-order valence-electron chi connectivity index (χ2n) is 3.80. The molecule has 1 aliphatic rings. The van der Waals surface area contributed by atoms with Gasteiger partial charge in [-0.2, -0.15) is 0 Å². The molecule has 1 saturated carbocycles. The maximum atomic E-state index is 13.3. The average Bonchev–Trinajstić information content (AvgIpc) is 2.56. The minimum Gasteiger partial charge on any atom is -0.329 e. The molecule has 2 rings (SSSR count). The van der Waals surface area contributed by atoms with Crippen molar-refractivity contribution in [2.75, 3.05) is 6.54 Å². The summed E-state index contributed by atoms with van der Waals surface area (Å²) in [6.07, 6.45) is 0.723. The topological polar surface area (TPSA) is 26.0 Å². The van der Waals surface area contributed by atoms with Crippen LogP contribution < -0.4 is 5.73 Å². The maximum absolute atomic E-state index is 13.3. The van der Waals surface area contributed by atoms with E-state index in [1.54, 1.807) is 0 Å². The van der Waals surface area contributed by atoms with Crippen LogP contribution in [-0.2, 0) is 11.8 Å². The van der Waals surface area contributed by atoms with E-state index < -0.39 is 11.3 Å². The molecule has 1 aliphatic carbocycles. The van der Waals surface area contributed by atoms with Crippen LogP contribution in [0.5, 0.6) is 0 Å². The second-order valence-corrected chi connectivity index (χ2v) is 4.71. The number of nitrogens with two attached hydrogens (primary N) is 1. The highest BCUT2D eigenvalue weighted by molar-refractivity contribution is 7.10. The molecule has 1 atom stereocenters. The van der Waals surface area contributed by atoms with Gasteiger partial charge < -0.3 is 5.73 Å². The van der Waals surface area contributed by atoms with E-state index in [-0.39, 0.29) is 13.0 Å². The minimum atomic E-state index is -2.59. The summed E-state index contributed by atoms with van der Waals surface area (Å²) >= 11 is 1.41.